The van der Waals surface area contributed by atoms with Crippen molar-refractivity contribution in [1.29, 1.82) is 0 Å². The van der Waals surface area contributed by atoms with Gasteiger partial charge in [0.25, 0.3) is 0 Å². The van der Waals surface area contributed by atoms with Gasteiger partial charge < -0.3 is 4.90 Å². The topological polar surface area (TPSA) is 32.7 Å². The Balaban J connectivity index is 1.98. The Hall–Kier alpha value is -1.64. The molecule has 1 aromatic carbocycles. The fraction of sp³-hybridized carbons (Fsp3) is 0.273. The van der Waals surface area contributed by atoms with Crippen LogP contribution in [0.2, 0.25) is 0 Å². The van der Waals surface area contributed by atoms with Crippen LogP contribution >= 0.6 is 0 Å². The molecule has 1 aliphatic heterocycles. The monoisotopic (exact) mass is 188 g/mol. The number of benzene rings is 1. The Morgan fingerprint density at radius 3 is 2.79 bits per heavy atom. The molecule has 3 heteroatoms. The van der Waals surface area contributed by atoms with E-state index in [2.05, 4.69) is 4.99 Å². The van der Waals surface area contributed by atoms with Crippen LogP contribution in [0.25, 0.3) is 0 Å². The summed E-state index contributed by atoms with van der Waals surface area (Å²) >= 11 is 0. The number of carbonyl (C=O) groups excluding carboxylic acids is 1. The summed E-state index contributed by atoms with van der Waals surface area (Å²) in [5.41, 5.74) is 1.05. The highest BCUT2D eigenvalue weighted by Gasteiger charge is 2.14. The van der Waals surface area contributed by atoms with Gasteiger partial charge in [-0.1, -0.05) is 30.3 Å². The highest BCUT2D eigenvalue weighted by atomic mass is 16.2. The van der Waals surface area contributed by atoms with Crippen molar-refractivity contribution in [1.82, 2.24) is 4.90 Å². The molecule has 1 heterocycles. The SMILES string of the molecule is O=C(Cc1ccccc1)N1C=NCC1. The summed E-state index contributed by atoms with van der Waals surface area (Å²) in [6.07, 6.45) is 2.10. The number of hydrogen-bond donors (Lipinski definition) is 0. The van der Waals surface area contributed by atoms with E-state index in [1.807, 2.05) is 30.3 Å². The molecule has 1 amide bonds. The quantitative estimate of drug-likeness (QED) is 0.684. The van der Waals surface area contributed by atoms with Crippen LogP contribution in [0, 0.1) is 0 Å². The molecular weight excluding hydrogens is 176 g/mol. The lowest BCUT2D eigenvalue weighted by molar-refractivity contribution is -0.126. The number of nitrogens with zero attached hydrogens (tertiary/aromatic N) is 2. The first-order valence-corrected chi connectivity index (χ1v) is 4.69. The third kappa shape index (κ3) is 1.99. The molecule has 14 heavy (non-hydrogen) atoms. The highest BCUT2D eigenvalue weighted by molar-refractivity contribution is 5.89. The Bertz CT molecular complexity index is 346. The maximum atomic E-state index is 11.6. The summed E-state index contributed by atoms with van der Waals surface area (Å²) in [6, 6.07) is 9.77. The lowest BCUT2D eigenvalue weighted by atomic mass is 10.1. The molecule has 3 nitrogen and oxygen atoms in total. The summed E-state index contributed by atoms with van der Waals surface area (Å²) < 4.78 is 0. The molecule has 0 saturated heterocycles. The maximum Gasteiger partial charge on any atom is 0.232 e. The van der Waals surface area contributed by atoms with Gasteiger partial charge >= 0.3 is 0 Å². The average Bonchev–Trinajstić information content (AvgIpc) is 2.72. The Labute approximate surface area is 83.1 Å². The second kappa shape index (κ2) is 4.05. The lowest BCUT2D eigenvalue weighted by Crippen LogP contribution is -2.29. The van der Waals surface area contributed by atoms with E-state index in [0.717, 1.165) is 18.7 Å². The van der Waals surface area contributed by atoms with Gasteiger partial charge in [0.2, 0.25) is 5.91 Å². The fourth-order valence-electron chi connectivity index (χ4n) is 1.44. The predicted molar refractivity (Wildman–Crippen MR) is 55.2 cm³/mol. The van der Waals surface area contributed by atoms with E-state index in [-0.39, 0.29) is 5.91 Å². The molecule has 2 rings (SSSR count). The van der Waals surface area contributed by atoms with E-state index in [0.29, 0.717) is 6.42 Å². The van der Waals surface area contributed by atoms with Gasteiger partial charge in [-0.25, -0.2) is 0 Å². The van der Waals surface area contributed by atoms with Crippen molar-refractivity contribution in [2.45, 2.75) is 6.42 Å². The van der Waals surface area contributed by atoms with Crippen LogP contribution in [-0.2, 0) is 11.2 Å². The predicted octanol–water partition coefficient (Wildman–Crippen LogP) is 1.10. The number of aliphatic imine (C=N–C) groups is 1. The summed E-state index contributed by atoms with van der Waals surface area (Å²) in [5, 5.41) is 0. The zero-order valence-electron chi connectivity index (χ0n) is 7.89. The summed E-state index contributed by atoms with van der Waals surface area (Å²) in [6.45, 7) is 1.46. The molecular formula is C11H12N2O. The van der Waals surface area contributed by atoms with E-state index in [1.165, 1.54) is 0 Å². The zero-order valence-corrected chi connectivity index (χ0v) is 7.89. The Kier molecular flexibility index (Phi) is 2.58. The molecule has 0 unspecified atom stereocenters. The van der Waals surface area contributed by atoms with Crippen molar-refractivity contribution in [3.63, 3.8) is 0 Å². The molecule has 0 spiro atoms. The summed E-state index contributed by atoms with van der Waals surface area (Å²) in [7, 11) is 0. The second-order valence-corrected chi connectivity index (χ2v) is 3.27. The molecule has 0 fully saturated rings. The molecule has 0 bridgehead atoms. The first-order valence-electron chi connectivity index (χ1n) is 4.69. The summed E-state index contributed by atoms with van der Waals surface area (Å²) in [5.74, 6) is 0.123. The van der Waals surface area contributed by atoms with Gasteiger partial charge in [0.1, 0.15) is 0 Å². The van der Waals surface area contributed by atoms with Crippen molar-refractivity contribution < 1.29 is 4.79 Å². The molecule has 0 N–H and O–H groups in total. The van der Waals surface area contributed by atoms with Crippen LogP contribution in [0.15, 0.2) is 35.3 Å². The molecule has 0 atom stereocenters. The third-order valence-corrected chi connectivity index (χ3v) is 2.21. The third-order valence-electron chi connectivity index (χ3n) is 2.21. The normalized spacial score (nSPS) is 14.7. The van der Waals surface area contributed by atoms with E-state index in [1.54, 1.807) is 11.2 Å². The minimum atomic E-state index is 0.123. The van der Waals surface area contributed by atoms with Crippen molar-refractivity contribution in [2.75, 3.05) is 13.1 Å². The number of hydrogen-bond acceptors (Lipinski definition) is 2. The zero-order chi connectivity index (χ0) is 9.80. The maximum absolute atomic E-state index is 11.6. The van der Waals surface area contributed by atoms with Crippen LogP contribution in [-0.4, -0.2) is 30.2 Å². The smallest absolute Gasteiger partial charge is 0.232 e. The molecule has 0 radical (unpaired) electrons. The largest absolute Gasteiger partial charge is 0.301 e. The minimum absolute atomic E-state index is 0.123. The molecule has 1 aliphatic rings. The van der Waals surface area contributed by atoms with Gasteiger partial charge in [0, 0.05) is 6.54 Å². The standard InChI is InChI=1S/C11H12N2O/c14-11(13-7-6-12-9-13)8-10-4-2-1-3-5-10/h1-5,9H,6-8H2. The first kappa shape index (κ1) is 8.94. The summed E-state index contributed by atoms with van der Waals surface area (Å²) in [4.78, 5) is 17.3. The molecule has 1 aromatic rings. The number of rotatable bonds is 2. The van der Waals surface area contributed by atoms with Crippen LogP contribution in [0.1, 0.15) is 5.56 Å². The van der Waals surface area contributed by atoms with E-state index >= 15 is 0 Å². The van der Waals surface area contributed by atoms with Gasteiger partial charge in [0.05, 0.1) is 19.3 Å². The fourth-order valence-corrected chi connectivity index (χ4v) is 1.44. The Morgan fingerprint density at radius 2 is 2.14 bits per heavy atom. The van der Waals surface area contributed by atoms with Crippen LogP contribution in [0.3, 0.4) is 0 Å². The second-order valence-electron chi connectivity index (χ2n) is 3.27. The first-order chi connectivity index (χ1) is 6.86. The van der Waals surface area contributed by atoms with Gasteiger partial charge in [-0.3, -0.25) is 9.79 Å². The lowest BCUT2D eigenvalue weighted by Gasteiger charge is -2.11. The van der Waals surface area contributed by atoms with E-state index in [9.17, 15) is 4.79 Å². The van der Waals surface area contributed by atoms with Crippen molar-refractivity contribution in [3.05, 3.63) is 35.9 Å². The van der Waals surface area contributed by atoms with Crippen LogP contribution < -0.4 is 0 Å². The van der Waals surface area contributed by atoms with Crippen LogP contribution in [0.5, 0.6) is 0 Å². The molecule has 72 valence electrons. The van der Waals surface area contributed by atoms with Crippen LogP contribution in [0.4, 0.5) is 0 Å². The van der Waals surface area contributed by atoms with Gasteiger partial charge in [-0.2, -0.15) is 0 Å². The van der Waals surface area contributed by atoms with Crippen molar-refractivity contribution in [2.24, 2.45) is 4.99 Å². The minimum Gasteiger partial charge on any atom is -0.301 e. The average molecular weight is 188 g/mol. The van der Waals surface area contributed by atoms with Gasteiger partial charge in [0.15, 0.2) is 0 Å². The molecule has 0 aromatic heterocycles. The van der Waals surface area contributed by atoms with E-state index < -0.39 is 0 Å². The highest BCUT2D eigenvalue weighted by Crippen LogP contribution is 2.03. The Morgan fingerprint density at radius 1 is 1.36 bits per heavy atom. The van der Waals surface area contributed by atoms with E-state index in [4.69, 9.17) is 0 Å². The van der Waals surface area contributed by atoms with Crippen molar-refractivity contribution >= 4 is 12.2 Å². The van der Waals surface area contributed by atoms with Gasteiger partial charge in [-0.15, -0.1) is 0 Å². The number of amides is 1. The van der Waals surface area contributed by atoms with Gasteiger partial charge in [-0.05, 0) is 5.56 Å². The molecule has 0 saturated carbocycles. The number of carbonyl (C=O) groups is 1. The van der Waals surface area contributed by atoms with Crippen molar-refractivity contribution in [3.8, 4) is 0 Å². The molecule has 0 aliphatic carbocycles.